The van der Waals surface area contributed by atoms with Gasteiger partial charge >= 0.3 is 0 Å². The molecule has 2 aromatic carbocycles. The molecule has 1 saturated carbocycles. The van der Waals surface area contributed by atoms with Gasteiger partial charge in [-0.05, 0) is 42.7 Å². The molecule has 4 rings (SSSR count). The zero-order valence-electron chi connectivity index (χ0n) is 21.3. The summed E-state index contributed by atoms with van der Waals surface area (Å²) < 4.78 is 16.6. The van der Waals surface area contributed by atoms with Gasteiger partial charge in [0.15, 0.2) is 11.5 Å². The van der Waals surface area contributed by atoms with Gasteiger partial charge in [-0.2, -0.15) is 0 Å². The van der Waals surface area contributed by atoms with E-state index in [-0.39, 0.29) is 17.6 Å². The summed E-state index contributed by atoms with van der Waals surface area (Å²) in [5.74, 6) is 0.394. The number of anilines is 1. The van der Waals surface area contributed by atoms with Gasteiger partial charge in [0.25, 0.3) is 5.91 Å². The van der Waals surface area contributed by atoms with Crippen molar-refractivity contribution in [1.82, 2.24) is 15.3 Å². The number of benzene rings is 2. The molecular formula is C28H32N4O5. The third-order valence-corrected chi connectivity index (χ3v) is 6.50. The molecular weight excluding hydrogens is 472 g/mol. The normalized spacial score (nSPS) is 14.4. The van der Waals surface area contributed by atoms with Gasteiger partial charge in [-0.3, -0.25) is 19.5 Å². The van der Waals surface area contributed by atoms with Crippen LogP contribution >= 0.6 is 0 Å². The largest absolute Gasteiger partial charge is 0.493 e. The van der Waals surface area contributed by atoms with Crippen LogP contribution in [0, 0.1) is 0 Å². The molecule has 1 N–H and O–H groups in total. The van der Waals surface area contributed by atoms with E-state index in [1.165, 1.54) is 44.8 Å². The smallest absolute Gasteiger partial charge is 0.279 e. The molecule has 0 radical (unpaired) electrons. The quantitative estimate of drug-likeness (QED) is 0.462. The first-order valence-electron chi connectivity index (χ1n) is 12.3. The van der Waals surface area contributed by atoms with Crippen LogP contribution in [0.1, 0.15) is 54.2 Å². The second-order valence-corrected chi connectivity index (χ2v) is 8.81. The van der Waals surface area contributed by atoms with Crippen molar-refractivity contribution in [2.24, 2.45) is 0 Å². The molecule has 1 aliphatic carbocycles. The van der Waals surface area contributed by atoms with Crippen LogP contribution < -0.4 is 24.4 Å². The van der Waals surface area contributed by atoms with Gasteiger partial charge in [-0.25, -0.2) is 4.98 Å². The minimum absolute atomic E-state index is 0.0371. The first-order valence-corrected chi connectivity index (χ1v) is 12.3. The fourth-order valence-electron chi connectivity index (χ4n) is 4.71. The van der Waals surface area contributed by atoms with Gasteiger partial charge in [0, 0.05) is 24.1 Å². The number of rotatable bonds is 9. The lowest BCUT2D eigenvalue weighted by atomic mass is 9.94. The molecule has 0 bridgehead atoms. The van der Waals surface area contributed by atoms with Crippen molar-refractivity contribution >= 4 is 17.5 Å². The Hall–Kier alpha value is -4.14. The molecule has 194 valence electrons. The molecule has 3 aromatic rings. The van der Waals surface area contributed by atoms with E-state index in [2.05, 4.69) is 15.3 Å². The summed E-state index contributed by atoms with van der Waals surface area (Å²) >= 11 is 0. The van der Waals surface area contributed by atoms with E-state index in [0.29, 0.717) is 28.5 Å². The number of amides is 2. The minimum Gasteiger partial charge on any atom is -0.493 e. The lowest BCUT2D eigenvalue weighted by Gasteiger charge is -2.33. The van der Waals surface area contributed by atoms with Crippen LogP contribution in [0.4, 0.5) is 5.69 Å². The van der Waals surface area contributed by atoms with Crippen LogP contribution in [0.25, 0.3) is 0 Å². The third kappa shape index (κ3) is 5.82. The van der Waals surface area contributed by atoms with Crippen LogP contribution in [0.2, 0.25) is 0 Å². The maximum atomic E-state index is 14.1. The Kier molecular flexibility index (Phi) is 8.56. The van der Waals surface area contributed by atoms with E-state index >= 15 is 0 Å². The average Bonchev–Trinajstić information content (AvgIpc) is 2.96. The minimum atomic E-state index is -1.05. The van der Waals surface area contributed by atoms with Gasteiger partial charge in [-0.15, -0.1) is 0 Å². The molecule has 1 fully saturated rings. The van der Waals surface area contributed by atoms with Gasteiger partial charge in [-0.1, -0.05) is 37.5 Å². The van der Waals surface area contributed by atoms with E-state index in [1.807, 2.05) is 18.2 Å². The summed E-state index contributed by atoms with van der Waals surface area (Å²) in [6, 6.07) is 11.4. The Balaban J connectivity index is 1.88. The van der Waals surface area contributed by atoms with Crippen LogP contribution in [0.15, 0.2) is 61.1 Å². The molecule has 1 aromatic heterocycles. The Morgan fingerprint density at radius 2 is 1.62 bits per heavy atom. The molecule has 0 saturated heterocycles. The number of hydrogen-bond donors (Lipinski definition) is 1. The average molecular weight is 505 g/mol. The number of methoxy groups -OCH3 is 3. The van der Waals surface area contributed by atoms with E-state index in [1.54, 1.807) is 24.3 Å². The summed E-state index contributed by atoms with van der Waals surface area (Å²) in [5.41, 5.74) is 1.16. The second-order valence-electron chi connectivity index (χ2n) is 8.81. The number of aromatic nitrogens is 2. The van der Waals surface area contributed by atoms with Crippen molar-refractivity contribution in [2.45, 2.75) is 44.2 Å². The number of carbonyl (C=O) groups excluding carboxylic acids is 2. The van der Waals surface area contributed by atoms with Crippen molar-refractivity contribution < 1.29 is 23.8 Å². The second kappa shape index (κ2) is 12.2. The van der Waals surface area contributed by atoms with Gasteiger partial charge in [0.05, 0.1) is 27.5 Å². The Labute approximate surface area is 216 Å². The van der Waals surface area contributed by atoms with Crippen LogP contribution in [-0.4, -0.2) is 49.2 Å². The fraction of sp³-hybridized carbons (Fsp3) is 0.357. The molecule has 1 atom stereocenters. The van der Waals surface area contributed by atoms with Gasteiger partial charge < -0.3 is 19.5 Å². The zero-order chi connectivity index (χ0) is 26.2. The highest BCUT2D eigenvalue weighted by Gasteiger charge is 2.36. The highest BCUT2D eigenvalue weighted by Crippen LogP contribution is 2.42. The highest BCUT2D eigenvalue weighted by molar-refractivity contribution is 6.09. The highest BCUT2D eigenvalue weighted by atomic mass is 16.5. The third-order valence-electron chi connectivity index (χ3n) is 6.50. The maximum absolute atomic E-state index is 14.1. The number of hydrogen-bond acceptors (Lipinski definition) is 7. The molecule has 0 unspecified atom stereocenters. The SMILES string of the molecule is COc1cc([C@H](C(=O)NC2CCCCC2)N(C(=O)c2cnccn2)c2ccccc2)cc(OC)c1OC. The number of carbonyl (C=O) groups is 2. The van der Waals surface area contributed by atoms with E-state index in [0.717, 1.165) is 32.1 Å². The summed E-state index contributed by atoms with van der Waals surface area (Å²) in [4.78, 5) is 37.7. The van der Waals surface area contributed by atoms with Crippen LogP contribution in [0.5, 0.6) is 17.2 Å². The van der Waals surface area contributed by atoms with Crippen molar-refractivity contribution in [1.29, 1.82) is 0 Å². The van der Waals surface area contributed by atoms with Crippen molar-refractivity contribution in [3.63, 3.8) is 0 Å². The molecule has 9 heteroatoms. The topological polar surface area (TPSA) is 103 Å². The Morgan fingerprint density at radius 3 is 2.19 bits per heavy atom. The number of nitrogens with one attached hydrogen (secondary N) is 1. The zero-order valence-corrected chi connectivity index (χ0v) is 21.3. The van der Waals surface area contributed by atoms with Crippen LogP contribution in [-0.2, 0) is 4.79 Å². The lowest BCUT2D eigenvalue weighted by molar-refractivity contribution is -0.123. The summed E-state index contributed by atoms with van der Waals surface area (Å²) in [5, 5.41) is 3.20. The van der Waals surface area contributed by atoms with Crippen LogP contribution in [0.3, 0.4) is 0 Å². The van der Waals surface area contributed by atoms with E-state index < -0.39 is 11.9 Å². The number of nitrogens with zero attached hydrogens (tertiary/aromatic N) is 3. The van der Waals surface area contributed by atoms with Gasteiger partial charge in [0.1, 0.15) is 11.7 Å². The molecule has 37 heavy (non-hydrogen) atoms. The summed E-state index contributed by atoms with van der Waals surface area (Å²) in [6.45, 7) is 0. The molecule has 1 heterocycles. The summed E-state index contributed by atoms with van der Waals surface area (Å²) in [7, 11) is 4.54. The predicted molar refractivity (Wildman–Crippen MR) is 139 cm³/mol. The monoisotopic (exact) mass is 504 g/mol. The standard InChI is InChI=1S/C28H32N4O5/c1-35-23-16-19(17-24(36-2)26(23)37-3)25(27(33)31-20-10-6-4-7-11-20)32(21-12-8-5-9-13-21)28(34)22-18-29-14-15-30-22/h5,8-9,12-18,20,25H,4,6-7,10-11H2,1-3H3,(H,31,33)/t25-/m1/s1. The number of para-hydroxylation sites is 1. The molecule has 9 nitrogen and oxygen atoms in total. The molecule has 2 amide bonds. The van der Waals surface area contributed by atoms with Crippen molar-refractivity contribution in [3.05, 3.63) is 72.3 Å². The lowest BCUT2D eigenvalue weighted by Crippen LogP contribution is -2.47. The van der Waals surface area contributed by atoms with E-state index in [4.69, 9.17) is 14.2 Å². The fourth-order valence-corrected chi connectivity index (χ4v) is 4.71. The molecule has 0 spiro atoms. The Morgan fingerprint density at radius 1 is 0.946 bits per heavy atom. The van der Waals surface area contributed by atoms with E-state index in [9.17, 15) is 9.59 Å². The first-order chi connectivity index (χ1) is 18.1. The molecule has 0 aliphatic heterocycles. The number of ether oxygens (including phenoxy) is 3. The Bertz CT molecular complexity index is 1170. The summed E-state index contributed by atoms with van der Waals surface area (Å²) in [6.07, 6.45) is 9.41. The maximum Gasteiger partial charge on any atom is 0.279 e. The first kappa shape index (κ1) is 25.9. The molecule has 1 aliphatic rings. The van der Waals surface area contributed by atoms with Gasteiger partial charge in [0.2, 0.25) is 11.7 Å². The van der Waals surface area contributed by atoms with Crippen molar-refractivity contribution in [2.75, 3.05) is 26.2 Å². The predicted octanol–water partition coefficient (Wildman–Crippen LogP) is 4.34. The van der Waals surface area contributed by atoms with Crippen molar-refractivity contribution in [3.8, 4) is 17.2 Å².